The van der Waals surface area contributed by atoms with Gasteiger partial charge in [-0.2, -0.15) is 0 Å². The van der Waals surface area contributed by atoms with Crippen molar-refractivity contribution in [2.24, 2.45) is 0 Å². The van der Waals surface area contributed by atoms with E-state index in [2.05, 4.69) is 5.32 Å². The maximum atomic E-state index is 10.3. The summed E-state index contributed by atoms with van der Waals surface area (Å²) in [6, 6.07) is 4.90. The maximum Gasteiger partial charge on any atom is 4.00 e. The Balaban J connectivity index is 0.00000225. The van der Waals surface area contributed by atoms with Gasteiger partial charge in [-0.1, -0.05) is 24.6 Å². The van der Waals surface area contributed by atoms with Crippen LogP contribution in [-0.2, 0) is 21.9 Å². The molecule has 1 aromatic rings. The van der Waals surface area contributed by atoms with Crippen molar-refractivity contribution in [3.63, 3.8) is 0 Å². The first-order valence-corrected chi connectivity index (χ1v) is 4.68. The fourth-order valence-electron chi connectivity index (χ4n) is 1.32. The van der Waals surface area contributed by atoms with Crippen LogP contribution in [-0.4, -0.2) is 22.7 Å². The fourth-order valence-corrected chi connectivity index (χ4v) is 1.32. The Bertz CT molecular complexity index is 368. The van der Waals surface area contributed by atoms with Crippen molar-refractivity contribution in [1.82, 2.24) is 0 Å². The molecule has 1 rings (SSSR count). The van der Waals surface area contributed by atoms with Crippen LogP contribution >= 0.6 is 0 Å². The number of hydrogen-bond acceptors (Lipinski definition) is 2. The molecule has 0 radical (unpaired) electrons. The number of aliphatic carboxylic acids is 1. The standard InChI is InChI=1S/C11H14NO3.Fe/c1-7-3-4-10(13)9(5-7)8(2)12-6-11(14)15;/h3-5,8,13H,6H2,1-2H3,(H,14,15);/q-1;+4. The van der Waals surface area contributed by atoms with Crippen molar-refractivity contribution in [2.45, 2.75) is 19.9 Å². The molecule has 86 valence electrons. The minimum atomic E-state index is -0.964. The Kier molecular flexibility index (Phi) is 6.11. The van der Waals surface area contributed by atoms with Crippen molar-refractivity contribution < 1.29 is 32.1 Å². The summed E-state index contributed by atoms with van der Waals surface area (Å²) in [6.07, 6.45) is 0. The number of phenols is 1. The Morgan fingerprint density at radius 2 is 2.12 bits per heavy atom. The van der Waals surface area contributed by atoms with Crippen molar-refractivity contribution in [3.8, 4) is 5.75 Å². The van der Waals surface area contributed by atoms with Gasteiger partial charge in [-0.05, 0) is 25.1 Å². The molecule has 0 saturated heterocycles. The van der Waals surface area contributed by atoms with E-state index in [9.17, 15) is 9.90 Å². The van der Waals surface area contributed by atoms with Gasteiger partial charge in [-0.3, -0.25) is 4.79 Å². The van der Waals surface area contributed by atoms with E-state index < -0.39 is 5.97 Å². The van der Waals surface area contributed by atoms with Crippen molar-refractivity contribution in [2.75, 3.05) is 6.54 Å². The van der Waals surface area contributed by atoms with E-state index in [-0.39, 0.29) is 35.4 Å². The van der Waals surface area contributed by atoms with Crippen molar-refractivity contribution in [1.29, 1.82) is 0 Å². The molecule has 1 aromatic carbocycles. The van der Waals surface area contributed by atoms with E-state index in [1.165, 1.54) is 0 Å². The number of phenolic OH excluding ortho intramolecular Hbond substituents is 1. The van der Waals surface area contributed by atoms with Gasteiger partial charge in [-0.15, -0.1) is 6.04 Å². The summed E-state index contributed by atoms with van der Waals surface area (Å²) in [4.78, 5) is 10.3. The average molecular weight is 264 g/mol. The van der Waals surface area contributed by atoms with E-state index in [0.717, 1.165) is 5.56 Å². The Hall–Kier alpha value is -1.03. The number of aryl methyl sites for hydroxylation is 1. The number of hydrogen-bond donors (Lipinski definition) is 2. The molecule has 0 fully saturated rings. The zero-order valence-electron chi connectivity index (χ0n) is 9.12. The summed E-state index contributed by atoms with van der Waals surface area (Å²) in [5.74, 6) is -0.809. The summed E-state index contributed by atoms with van der Waals surface area (Å²) < 4.78 is 0. The summed E-state index contributed by atoms with van der Waals surface area (Å²) in [6.45, 7) is 3.43. The van der Waals surface area contributed by atoms with Crippen LogP contribution in [0.4, 0.5) is 0 Å². The molecule has 0 amide bonds. The molecule has 0 aliphatic rings. The monoisotopic (exact) mass is 264 g/mol. The third-order valence-electron chi connectivity index (χ3n) is 2.13. The van der Waals surface area contributed by atoms with Crippen LogP contribution in [0.15, 0.2) is 18.2 Å². The number of carbonyl (C=O) groups is 1. The molecule has 4 nitrogen and oxygen atoms in total. The molecule has 2 N–H and O–H groups in total. The Morgan fingerprint density at radius 1 is 1.50 bits per heavy atom. The molecule has 0 aliphatic heterocycles. The second-order valence-corrected chi connectivity index (χ2v) is 3.47. The SMILES string of the molecule is Cc1ccc(O)c(C(C)[N-]CC(=O)O)c1.[Fe+4]. The summed E-state index contributed by atoms with van der Waals surface area (Å²) in [7, 11) is 0. The van der Waals surface area contributed by atoms with Gasteiger partial charge in [0.1, 0.15) is 5.75 Å². The number of benzene rings is 1. The van der Waals surface area contributed by atoms with Gasteiger partial charge < -0.3 is 15.5 Å². The normalized spacial score (nSPS) is 11.6. The van der Waals surface area contributed by atoms with Gasteiger partial charge in [0.25, 0.3) is 5.97 Å². The third-order valence-corrected chi connectivity index (χ3v) is 2.13. The number of aromatic hydroxyl groups is 1. The topological polar surface area (TPSA) is 71.6 Å². The molecule has 0 bridgehead atoms. The molecule has 0 saturated carbocycles. The molecular formula is C11H14FeNO3+3. The van der Waals surface area contributed by atoms with Gasteiger partial charge in [0.2, 0.25) is 0 Å². The van der Waals surface area contributed by atoms with Crippen LogP contribution in [0.5, 0.6) is 5.75 Å². The van der Waals surface area contributed by atoms with Crippen LogP contribution in [0.3, 0.4) is 0 Å². The van der Waals surface area contributed by atoms with Crippen LogP contribution in [0.1, 0.15) is 24.1 Å². The molecular weight excluding hydrogens is 250 g/mol. The zero-order chi connectivity index (χ0) is 11.4. The predicted molar refractivity (Wildman–Crippen MR) is 57.1 cm³/mol. The summed E-state index contributed by atoms with van der Waals surface area (Å²) >= 11 is 0. The van der Waals surface area contributed by atoms with Crippen molar-refractivity contribution >= 4 is 5.97 Å². The smallest absolute Gasteiger partial charge is 0.647 e. The van der Waals surface area contributed by atoms with Crippen LogP contribution in [0.25, 0.3) is 5.32 Å². The average Bonchev–Trinajstić information content (AvgIpc) is 2.18. The largest absolute Gasteiger partial charge is 4.00 e. The van der Waals surface area contributed by atoms with Crippen LogP contribution < -0.4 is 0 Å². The second-order valence-electron chi connectivity index (χ2n) is 3.47. The minimum Gasteiger partial charge on any atom is -0.647 e. The van der Waals surface area contributed by atoms with Gasteiger partial charge in [0, 0.05) is 0 Å². The first kappa shape index (κ1) is 15.0. The van der Waals surface area contributed by atoms with Gasteiger partial charge in [0.05, 0.1) is 0 Å². The van der Waals surface area contributed by atoms with Gasteiger partial charge >= 0.3 is 17.1 Å². The number of rotatable bonds is 4. The molecule has 1 unspecified atom stereocenters. The molecule has 0 spiro atoms. The Morgan fingerprint density at radius 3 is 2.69 bits per heavy atom. The van der Waals surface area contributed by atoms with Gasteiger partial charge in [-0.25, -0.2) is 0 Å². The molecule has 0 heterocycles. The van der Waals surface area contributed by atoms with Crippen LogP contribution in [0.2, 0.25) is 0 Å². The van der Waals surface area contributed by atoms with E-state index >= 15 is 0 Å². The second kappa shape index (κ2) is 6.53. The van der Waals surface area contributed by atoms with E-state index in [1.807, 2.05) is 13.0 Å². The number of nitrogens with zero attached hydrogens (tertiary/aromatic N) is 1. The first-order valence-electron chi connectivity index (χ1n) is 4.68. The predicted octanol–water partition coefficient (Wildman–Crippen LogP) is 2.22. The molecule has 0 aliphatic carbocycles. The van der Waals surface area contributed by atoms with E-state index in [4.69, 9.17) is 5.11 Å². The summed E-state index contributed by atoms with van der Waals surface area (Å²) in [5, 5.41) is 22.0. The third kappa shape index (κ3) is 4.23. The van der Waals surface area contributed by atoms with Crippen molar-refractivity contribution in [3.05, 3.63) is 34.6 Å². The Labute approximate surface area is 105 Å². The van der Waals surface area contributed by atoms with Gasteiger partial charge in [0.15, 0.2) is 0 Å². The minimum absolute atomic E-state index is 0. The summed E-state index contributed by atoms with van der Waals surface area (Å²) in [5.41, 5.74) is 1.68. The van der Waals surface area contributed by atoms with E-state index in [0.29, 0.717) is 5.56 Å². The number of carboxylic acids is 1. The molecule has 0 aromatic heterocycles. The van der Waals surface area contributed by atoms with E-state index in [1.54, 1.807) is 19.1 Å². The first-order chi connectivity index (χ1) is 7.00. The molecule has 1 atom stereocenters. The number of carboxylic acid groups (broad SMARTS) is 1. The molecule has 16 heavy (non-hydrogen) atoms. The maximum absolute atomic E-state index is 10.3. The van der Waals surface area contributed by atoms with Crippen LogP contribution in [0, 0.1) is 6.92 Å². The quantitative estimate of drug-likeness (QED) is 0.819. The fraction of sp³-hybridized carbons (Fsp3) is 0.364. The zero-order valence-corrected chi connectivity index (χ0v) is 10.2. The molecule has 5 heteroatoms.